The average Bonchev–Trinajstić information content (AvgIpc) is 2.90. The molecule has 6 nitrogen and oxygen atoms in total. The van der Waals surface area contributed by atoms with E-state index < -0.39 is 12.0 Å². The predicted molar refractivity (Wildman–Crippen MR) is 78.7 cm³/mol. The van der Waals surface area contributed by atoms with Crippen LogP contribution in [0.3, 0.4) is 0 Å². The third-order valence-corrected chi connectivity index (χ3v) is 4.36. The van der Waals surface area contributed by atoms with Gasteiger partial charge in [0.25, 0.3) is 0 Å². The van der Waals surface area contributed by atoms with Crippen molar-refractivity contribution < 1.29 is 19.5 Å². The Kier molecular flexibility index (Phi) is 7.10. The van der Waals surface area contributed by atoms with Gasteiger partial charge in [-0.05, 0) is 11.4 Å². The van der Waals surface area contributed by atoms with E-state index in [9.17, 15) is 14.4 Å². The van der Waals surface area contributed by atoms with Gasteiger partial charge in [0.15, 0.2) is 0 Å². The van der Waals surface area contributed by atoms with Crippen molar-refractivity contribution in [1.82, 2.24) is 10.2 Å². The molecular formula is C12H16N2O4S2. The van der Waals surface area contributed by atoms with Crippen LogP contribution in [-0.2, 0) is 20.9 Å². The number of thioether (sulfide) groups is 1. The minimum Gasteiger partial charge on any atom is -0.480 e. The van der Waals surface area contributed by atoms with Gasteiger partial charge in [-0.2, -0.15) is 0 Å². The van der Waals surface area contributed by atoms with Crippen LogP contribution >= 0.6 is 23.1 Å². The number of carboxylic acids is 1. The lowest BCUT2D eigenvalue weighted by molar-refractivity contribution is -0.139. The van der Waals surface area contributed by atoms with Gasteiger partial charge in [0.1, 0.15) is 6.04 Å². The Balaban J connectivity index is 2.31. The molecule has 20 heavy (non-hydrogen) atoms. The fourth-order valence-electron chi connectivity index (χ4n) is 1.37. The summed E-state index contributed by atoms with van der Waals surface area (Å²) in [5.74, 6) is -0.832. The van der Waals surface area contributed by atoms with Gasteiger partial charge in [-0.15, -0.1) is 23.1 Å². The molecule has 0 aliphatic rings. The number of hydrogen-bond donors (Lipinski definition) is 2. The number of hydrogen-bond acceptors (Lipinski definition) is 5. The zero-order valence-corrected chi connectivity index (χ0v) is 12.6. The molecule has 0 saturated carbocycles. The highest BCUT2D eigenvalue weighted by Crippen LogP contribution is 2.12. The summed E-state index contributed by atoms with van der Waals surface area (Å²) < 4.78 is 0. The van der Waals surface area contributed by atoms with Crippen LogP contribution in [0.15, 0.2) is 17.5 Å². The molecule has 1 atom stereocenters. The minimum absolute atomic E-state index is 0.0707. The second kappa shape index (κ2) is 8.60. The highest BCUT2D eigenvalue weighted by Gasteiger charge is 2.17. The van der Waals surface area contributed by atoms with E-state index in [0.29, 0.717) is 13.0 Å². The number of carbonyl (C=O) groups excluding carboxylic acids is 2. The summed E-state index contributed by atoms with van der Waals surface area (Å²) >= 11 is 2.77. The standard InChI is InChI=1S/C12H16N2O4S2/c1-14(5-9-3-2-4-20-9)11(16)7-19-6-10(12(17)18)13-8-15/h2-4,8,10H,5-7H2,1H3,(H,13,15)(H,17,18). The maximum atomic E-state index is 11.9. The van der Waals surface area contributed by atoms with Crippen molar-refractivity contribution >= 4 is 41.4 Å². The number of carbonyl (C=O) groups is 3. The molecule has 2 N–H and O–H groups in total. The SMILES string of the molecule is CN(Cc1cccs1)C(=O)CSCC(NC=O)C(=O)O. The Hall–Kier alpha value is -1.54. The van der Waals surface area contributed by atoms with Crippen molar-refractivity contribution in [3.63, 3.8) is 0 Å². The molecule has 8 heteroatoms. The van der Waals surface area contributed by atoms with E-state index in [-0.39, 0.29) is 17.4 Å². The number of thiophene rings is 1. The van der Waals surface area contributed by atoms with Crippen molar-refractivity contribution in [1.29, 1.82) is 0 Å². The van der Waals surface area contributed by atoms with Crippen molar-refractivity contribution in [2.45, 2.75) is 12.6 Å². The molecule has 0 fully saturated rings. The van der Waals surface area contributed by atoms with Gasteiger partial charge < -0.3 is 15.3 Å². The van der Waals surface area contributed by atoms with Crippen molar-refractivity contribution in [2.75, 3.05) is 18.6 Å². The summed E-state index contributed by atoms with van der Waals surface area (Å²) in [4.78, 5) is 35.6. The molecule has 0 aliphatic carbocycles. The Morgan fingerprint density at radius 3 is 2.90 bits per heavy atom. The molecule has 1 rings (SSSR count). The first-order chi connectivity index (χ1) is 9.54. The molecule has 2 amide bonds. The highest BCUT2D eigenvalue weighted by molar-refractivity contribution is 8.00. The Bertz CT molecular complexity index is 450. The molecule has 0 radical (unpaired) electrons. The molecule has 1 aromatic heterocycles. The van der Waals surface area contributed by atoms with Crippen LogP contribution in [-0.4, -0.2) is 52.9 Å². The van der Waals surface area contributed by atoms with E-state index in [0.717, 1.165) is 4.88 Å². The van der Waals surface area contributed by atoms with Crippen LogP contribution < -0.4 is 5.32 Å². The Labute approximate surface area is 125 Å². The second-order valence-corrected chi connectivity index (χ2v) is 6.08. The lowest BCUT2D eigenvalue weighted by Crippen LogP contribution is -2.38. The monoisotopic (exact) mass is 316 g/mol. The predicted octanol–water partition coefficient (Wildman–Crippen LogP) is 0.639. The largest absolute Gasteiger partial charge is 0.480 e. The Morgan fingerprint density at radius 1 is 1.60 bits per heavy atom. The summed E-state index contributed by atoms with van der Waals surface area (Å²) in [5.41, 5.74) is 0. The van der Waals surface area contributed by atoms with Crippen molar-refractivity contribution in [3.05, 3.63) is 22.4 Å². The second-order valence-electron chi connectivity index (χ2n) is 4.02. The van der Waals surface area contributed by atoms with Gasteiger partial charge >= 0.3 is 5.97 Å². The maximum Gasteiger partial charge on any atom is 0.327 e. The third-order valence-electron chi connectivity index (χ3n) is 2.48. The highest BCUT2D eigenvalue weighted by atomic mass is 32.2. The fourth-order valence-corrected chi connectivity index (χ4v) is 3.12. The van der Waals surface area contributed by atoms with Crippen LogP contribution in [0.1, 0.15) is 4.88 Å². The van der Waals surface area contributed by atoms with Gasteiger partial charge in [0, 0.05) is 17.7 Å². The first-order valence-electron chi connectivity index (χ1n) is 5.81. The van der Waals surface area contributed by atoms with Gasteiger partial charge in [0.05, 0.1) is 12.3 Å². The molecular weight excluding hydrogens is 300 g/mol. The number of rotatable bonds is 9. The molecule has 1 aromatic rings. The van der Waals surface area contributed by atoms with E-state index in [4.69, 9.17) is 5.11 Å². The smallest absolute Gasteiger partial charge is 0.327 e. The van der Waals surface area contributed by atoms with E-state index >= 15 is 0 Å². The van der Waals surface area contributed by atoms with Crippen LogP contribution in [0, 0.1) is 0 Å². The van der Waals surface area contributed by atoms with E-state index in [1.807, 2.05) is 17.5 Å². The van der Waals surface area contributed by atoms with E-state index in [1.165, 1.54) is 11.8 Å². The molecule has 0 saturated heterocycles. The van der Waals surface area contributed by atoms with Crippen LogP contribution in [0.4, 0.5) is 0 Å². The molecule has 1 unspecified atom stereocenters. The van der Waals surface area contributed by atoms with Crippen LogP contribution in [0.5, 0.6) is 0 Å². The molecule has 0 aliphatic heterocycles. The summed E-state index contributed by atoms with van der Waals surface area (Å²) in [6.07, 6.45) is 0.351. The maximum absolute atomic E-state index is 11.9. The van der Waals surface area contributed by atoms with Gasteiger partial charge in [0.2, 0.25) is 12.3 Å². The lowest BCUT2D eigenvalue weighted by atomic mass is 10.3. The number of amides is 2. The molecule has 0 aromatic carbocycles. The van der Waals surface area contributed by atoms with Crippen molar-refractivity contribution in [2.24, 2.45) is 0 Å². The quantitative estimate of drug-likeness (QED) is 0.653. The molecule has 0 spiro atoms. The Morgan fingerprint density at radius 2 is 2.35 bits per heavy atom. The van der Waals surface area contributed by atoms with Crippen molar-refractivity contribution in [3.8, 4) is 0 Å². The molecule has 0 bridgehead atoms. The zero-order valence-electron chi connectivity index (χ0n) is 10.9. The minimum atomic E-state index is -1.11. The summed E-state index contributed by atoms with van der Waals surface area (Å²) in [6, 6.07) is 2.92. The van der Waals surface area contributed by atoms with Gasteiger partial charge in [-0.25, -0.2) is 4.79 Å². The van der Waals surface area contributed by atoms with Gasteiger partial charge in [-0.3, -0.25) is 9.59 Å². The third kappa shape index (κ3) is 5.62. The number of nitrogens with one attached hydrogen (secondary N) is 1. The fraction of sp³-hybridized carbons (Fsp3) is 0.417. The first-order valence-corrected chi connectivity index (χ1v) is 7.84. The van der Waals surface area contributed by atoms with E-state index in [1.54, 1.807) is 23.3 Å². The number of carboxylic acid groups (broad SMARTS) is 1. The summed E-state index contributed by atoms with van der Waals surface area (Å²) in [6.45, 7) is 0.548. The average molecular weight is 316 g/mol. The summed E-state index contributed by atoms with van der Waals surface area (Å²) in [5, 5.41) is 13.0. The van der Waals surface area contributed by atoms with Crippen LogP contribution in [0.2, 0.25) is 0 Å². The van der Waals surface area contributed by atoms with Gasteiger partial charge in [-0.1, -0.05) is 6.07 Å². The number of aliphatic carboxylic acids is 1. The lowest BCUT2D eigenvalue weighted by Gasteiger charge is -2.16. The molecule has 1 heterocycles. The number of nitrogens with zero attached hydrogens (tertiary/aromatic N) is 1. The van der Waals surface area contributed by atoms with Crippen LogP contribution in [0.25, 0.3) is 0 Å². The normalized spacial score (nSPS) is 11.7. The topological polar surface area (TPSA) is 86.7 Å². The first kappa shape index (κ1) is 16.5. The summed E-state index contributed by atoms with van der Waals surface area (Å²) in [7, 11) is 1.71. The van der Waals surface area contributed by atoms with E-state index in [2.05, 4.69) is 5.32 Å². The zero-order chi connectivity index (χ0) is 15.0. The molecule has 110 valence electrons.